The zero-order chi connectivity index (χ0) is 48.6. The second-order valence-electron chi connectivity index (χ2n) is 19.0. The normalized spacial score (nSPS) is 16.7. The maximum Gasteiger partial charge on any atom is 0.123 e. The van der Waals surface area contributed by atoms with Crippen LogP contribution in [0.3, 0.4) is 0 Å². The number of hydrogen-bond acceptors (Lipinski definition) is 8. The molecule has 8 nitrogen and oxygen atoms in total. The molecule has 0 fully saturated rings. The van der Waals surface area contributed by atoms with Gasteiger partial charge in [0.25, 0.3) is 0 Å². The molecule has 8 N–H and O–H groups in total. The molecule has 0 atom stereocenters. The molecule has 0 saturated carbocycles. The van der Waals surface area contributed by atoms with Crippen LogP contribution in [-0.2, 0) is 0 Å². The fraction of sp³-hybridized carbons (Fsp3) is 0.200. The molecule has 0 saturated heterocycles. The van der Waals surface area contributed by atoms with E-state index in [1.807, 2.05) is 128 Å². The van der Waals surface area contributed by atoms with Gasteiger partial charge in [0.1, 0.15) is 46.0 Å². The minimum atomic E-state index is -0.913. The Hall–Kier alpha value is -7.84. The maximum absolute atomic E-state index is 12.2. The molecule has 8 heteroatoms. The summed E-state index contributed by atoms with van der Waals surface area (Å²) >= 11 is 0. The van der Waals surface area contributed by atoms with E-state index >= 15 is 0 Å². The van der Waals surface area contributed by atoms with Crippen LogP contribution in [0.2, 0.25) is 0 Å². The quantitative estimate of drug-likeness (QED) is 0.0866. The Kier molecular flexibility index (Phi) is 11.4. The molecule has 0 heterocycles. The lowest BCUT2D eigenvalue weighted by molar-refractivity contribution is 0.431. The van der Waals surface area contributed by atoms with E-state index in [9.17, 15) is 40.9 Å². The second kappa shape index (κ2) is 17.1. The van der Waals surface area contributed by atoms with Gasteiger partial charge in [0.05, 0.1) is 0 Å². The number of aryl methyl sites for hydroxylation is 8. The summed E-state index contributed by atoms with van der Waals surface area (Å²) in [5, 5.41) is 97.2. The topological polar surface area (TPSA) is 162 Å². The molecular formula is C60H56O8. The predicted molar refractivity (Wildman–Crippen MR) is 267 cm³/mol. The molecule has 0 aromatic heterocycles. The van der Waals surface area contributed by atoms with Crippen LogP contribution in [0.1, 0.15) is 135 Å². The van der Waals surface area contributed by atoms with Crippen molar-refractivity contribution in [3.63, 3.8) is 0 Å². The van der Waals surface area contributed by atoms with E-state index in [0.29, 0.717) is 66.8 Å². The number of fused-ring (bicyclic) bond motifs is 8. The van der Waals surface area contributed by atoms with Crippen LogP contribution in [0.25, 0.3) is 0 Å². The van der Waals surface area contributed by atoms with Gasteiger partial charge in [0.15, 0.2) is 0 Å². The molecule has 0 aliphatic heterocycles. The zero-order valence-electron chi connectivity index (χ0n) is 39.4. The van der Waals surface area contributed by atoms with Crippen molar-refractivity contribution in [1.82, 2.24) is 0 Å². The van der Waals surface area contributed by atoms with Gasteiger partial charge in [-0.25, -0.2) is 0 Å². The Labute approximate surface area is 397 Å². The molecule has 1 aliphatic rings. The van der Waals surface area contributed by atoms with E-state index in [-0.39, 0.29) is 46.0 Å². The number of phenols is 8. The van der Waals surface area contributed by atoms with Crippen LogP contribution in [0.5, 0.6) is 46.0 Å². The van der Waals surface area contributed by atoms with Crippen LogP contribution >= 0.6 is 0 Å². The molecular weight excluding hydrogens is 849 g/mol. The average Bonchev–Trinajstić information content (AvgIpc) is 3.27. The highest BCUT2D eigenvalue weighted by atomic mass is 16.3. The van der Waals surface area contributed by atoms with Crippen molar-refractivity contribution >= 4 is 0 Å². The van der Waals surface area contributed by atoms with E-state index in [4.69, 9.17) is 0 Å². The summed E-state index contributed by atoms with van der Waals surface area (Å²) in [5.74, 6) is -5.76. The van der Waals surface area contributed by atoms with Gasteiger partial charge in [-0.2, -0.15) is 0 Å². The van der Waals surface area contributed by atoms with Crippen molar-refractivity contribution in [2.24, 2.45) is 0 Å². The number of phenolic OH excluding ortho intramolecular Hbond substituents is 8. The van der Waals surface area contributed by atoms with Crippen LogP contribution in [-0.4, -0.2) is 40.9 Å². The third-order valence-corrected chi connectivity index (χ3v) is 14.6. The first-order valence-electron chi connectivity index (χ1n) is 22.8. The van der Waals surface area contributed by atoms with Crippen molar-refractivity contribution in [2.45, 2.75) is 79.1 Å². The number of aromatic hydroxyl groups is 8. The van der Waals surface area contributed by atoms with E-state index in [0.717, 1.165) is 44.5 Å². The van der Waals surface area contributed by atoms with Crippen molar-refractivity contribution in [1.29, 1.82) is 0 Å². The van der Waals surface area contributed by atoms with Crippen molar-refractivity contribution in [3.8, 4) is 46.0 Å². The van der Waals surface area contributed by atoms with Gasteiger partial charge >= 0.3 is 0 Å². The lowest BCUT2D eigenvalue weighted by atomic mass is 9.74. The van der Waals surface area contributed by atoms with E-state index in [1.165, 1.54) is 24.3 Å². The third-order valence-electron chi connectivity index (χ3n) is 14.6. The molecule has 8 bridgehead atoms. The molecule has 0 spiro atoms. The highest BCUT2D eigenvalue weighted by molar-refractivity contribution is 5.68. The molecule has 0 unspecified atom stereocenters. The standard InChI is InChI=1S/C60H56O8/c1-29-9-13-37(17-33(29)5)57-41-21-43(51(63)25-49(41)61)58(38-14-10-30(2)34(6)18-38)45-23-47(55(67)27-53(45)65)60(40-16-12-32(4)36(8)20-40)48-24-46(54(66)28-56(48)68)59(39-15-11-31(3)35(7)19-39)44-22-42(57)50(62)26-52(44)64/h9-28,57-68H,1-8H3/t57-,58+,59-,60+. The predicted octanol–water partition coefficient (Wildman–Crippen LogP) is 12.8. The summed E-state index contributed by atoms with van der Waals surface area (Å²) in [6.45, 7) is 15.9. The van der Waals surface area contributed by atoms with Gasteiger partial charge in [-0.1, -0.05) is 72.8 Å². The lowest BCUT2D eigenvalue weighted by Gasteiger charge is -2.30. The molecule has 8 aromatic rings. The highest BCUT2D eigenvalue weighted by Gasteiger charge is 2.35. The molecule has 9 rings (SSSR count). The van der Waals surface area contributed by atoms with Gasteiger partial charge in [0, 0.05) is 92.4 Å². The third kappa shape index (κ3) is 7.79. The van der Waals surface area contributed by atoms with Crippen LogP contribution in [0.4, 0.5) is 0 Å². The molecule has 68 heavy (non-hydrogen) atoms. The van der Waals surface area contributed by atoms with Gasteiger partial charge in [-0.05, 0) is 146 Å². The van der Waals surface area contributed by atoms with Gasteiger partial charge < -0.3 is 40.9 Å². The van der Waals surface area contributed by atoms with Crippen LogP contribution < -0.4 is 0 Å². The smallest absolute Gasteiger partial charge is 0.123 e. The van der Waals surface area contributed by atoms with Gasteiger partial charge in [0.2, 0.25) is 0 Å². The number of hydrogen-bond donors (Lipinski definition) is 8. The van der Waals surface area contributed by atoms with Crippen molar-refractivity contribution < 1.29 is 40.9 Å². The van der Waals surface area contributed by atoms with E-state index in [1.54, 1.807) is 24.3 Å². The Bertz CT molecular complexity index is 2800. The highest BCUT2D eigenvalue weighted by Crippen LogP contribution is 2.54. The fourth-order valence-electron chi connectivity index (χ4n) is 10.2. The summed E-state index contributed by atoms with van der Waals surface area (Å²) < 4.78 is 0. The first-order chi connectivity index (χ1) is 32.3. The Morgan fingerprint density at radius 3 is 0.515 bits per heavy atom. The minimum Gasteiger partial charge on any atom is -0.507 e. The molecule has 344 valence electrons. The Balaban J connectivity index is 1.50. The lowest BCUT2D eigenvalue weighted by Crippen LogP contribution is -2.13. The van der Waals surface area contributed by atoms with Gasteiger partial charge in [-0.15, -0.1) is 0 Å². The van der Waals surface area contributed by atoms with Crippen LogP contribution in [0, 0.1) is 55.4 Å². The van der Waals surface area contributed by atoms with Crippen LogP contribution in [0.15, 0.2) is 121 Å². The second-order valence-corrected chi connectivity index (χ2v) is 19.0. The molecule has 0 amide bonds. The fourth-order valence-corrected chi connectivity index (χ4v) is 10.2. The summed E-state index contributed by atoms with van der Waals surface area (Å²) in [4.78, 5) is 0. The number of benzene rings is 8. The summed E-state index contributed by atoms with van der Waals surface area (Å²) in [7, 11) is 0. The SMILES string of the molecule is Cc1ccc([C@H]2c3cc(c(O)cc3O)[C@@H](c3ccc(C)c(C)c3)c3cc(c(O)cc3O)[C@@H](c3ccc(C)c(C)c3)c3cc(c(O)cc3O)[C@@H](c3ccc(C)c(C)c3)c3cc2c(O)cc3O)cc1C. The Morgan fingerprint density at radius 1 is 0.206 bits per heavy atom. The minimum absolute atomic E-state index is 0.264. The summed E-state index contributed by atoms with van der Waals surface area (Å²) in [6, 6.07) is 35.5. The number of rotatable bonds is 4. The van der Waals surface area contributed by atoms with Crippen molar-refractivity contribution in [2.75, 3.05) is 0 Å². The first kappa shape index (κ1) is 45.3. The molecule has 1 aliphatic carbocycles. The largest absolute Gasteiger partial charge is 0.507 e. The van der Waals surface area contributed by atoms with E-state index in [2.05, 4.69) is 0 Å². The van der Waals surface area contributed by atoms with E-state index < -0.39 is 23.7 Å². The van der Waals surface area contributed by atoms with Crippen molar-refractivity contribution in [3.05, 3.63) is 233 Å². The van der Waals surface area contributed by atoms with Gasteiger partial charge in [-0.3, -0.25) is 0 Å². The molecule has 8 aromatic carbocycles. The average molecular weight is 905 g/mol. The Morgan fingerprint density at radius 2 is 0.368 bits per heavy atom. The zero-order valence-corrected chi connectivity index (χ0v) is 39.4. The monoisotopic (exact) mass is 904 g/mol. The maximum atomic E-state index is 12.2. The first-order valence-corrected chi connectivity index (χ1v) is 22.8. The molecule has 0 radical (unpaired) electrons. The summed E-state index contributed by atoms with van der Waals surface area (Å²) in [5.41, 5.74) is 13.2. The summed E-state index contributed by atoms with van der Waals surface area (Å²) in [6.07, 6.45) is 0.